The molecule has 0 bridgehead atoms. The average molecular weight is 359 g/mol. The fraction of sp³-hybridized carbons (Fsp3) is 0.700. The summed E-state index contributed by atoms with van der Waals surface area (Å²) < 4.78 is 14.9. The molecule has 0 radical (unpaired) electrons. The molecule has 6 heteroatoms. The quantitative estimate of drug-likeness (QED) is 0.842. The van der Waals surface area contributed by atoms with Gasteiger partial charge in [-0.2, -0.15) is 0 Å². The monoisotopic (exact) mass is 359 g/mol. The number of aryl methyl sites for hydroxylation is 1. The molecule has 0 N–H and O–H groups in total. The maximum Gasteiger partial charge on any atom is 0.276 e. The number of hydrogen-bond donors (Lipinski definition) is 0. The second-order valence-corrected chi connectivity index (χ2v) is 7.82. The Morgan fingerprint density at radius 3 is 2.62 bits per heavy atom. The van der Waals surface area contributed by atoms with E-state index in [0.29, 0.717) is 23.5 Å². The lowest BCUT2D eigenvalue weighted by molar-refractivity contribution is 0.0540. The zero-order chi connectivity index (χ0) is 18.1. The van der Waals surface area contributed by atoms with Crippen LogP contribution in [0.2, 0.25) is 0 Å². The van der Waals surface area contributed by atoms with Crippen molar-refractivity contribution < 1.29 is 9.47 Å². The molecule has 2 aromatic rings. The summed E-state index contributed by atoms with van der Waals surface area (Å²) in [6, 6.07) is 0. The summed E-state index contributed by atoms with van der Waals surface area (Å²) in [7, 11) is 1.79. The molecule has 2 fully saturated rings. The van der Waals surface area contributed by atoms with E-state index in [9.17, 15) is 4.79 Å². The zero-order valence-corrected chi connectivity index (χ0v) is 15.8. The van der Waals surface area contributed by atoms with E-state index in [4.69, 9.17) is 9.47 Å². The Morgan fingerprint density at radius 1 is 1.19 bits per heavy atom. The molecule has 6 nitrogen and oxygen atoms in total. The van der Waals surface area contributed by atoms with Crippen LogP contribution in [0.1, 0.15) is 56.0 Å². The molecule has 0 unspecified atom stereocenters. The number of ether oxygens (including phenoxy) is 2. The number of imidazole rings is 1. The molecule has 3 heterocycles. The highest BCUT2D eigenvalue weighted by Crippen LogP contribution is 2.28. The molecule has 26 heavy (non-hydrogen) atoms. The van der Waals surface area contributed by atoms with Crippen molar-refractivity contribution in [2.75, 3.05) is 20.3 Å². The summed E-state index contributed by atoms with van der Waals surface area (Å²) in [6.07, 6.45) is 10.6. The highest BCUT2D eigenvalue weighted by Gasteiger charge is 2.24. The minimum atomic E-state index is 0.0877. The van der Waals surface area contributed by atoms with Gasteiger partial charge in [-0.05, 0) is 51.4 Å². The van der Waals surface area contributed by atoms with Crippen LogP contribution in [-0.4, -0.2) is 40.4 Å². The normalized spacial score (nSPS) is 25.0. The van der Waals surface area contributed by atoms with Crippen LogP contribution in [-0.2, 0) is 16.0 Å². The molecule has 1 saturated heterocycles. The molecule has 2 aliphatic rings. The first-order valence-electron chi connectivity index (χ1n) is 9.85. The van der Waals surface area contributed by atoms with E-state index in [-0.39, 0.29) is 5.56 Å². The van der Waals surface area contributed by atoms with Gasteiger partial charge in [0.2, 0.25) is 0 Å². The van der Waals surface area contributed by atoms with Crippen LogP contribution in [0, 0.1) is 12.8 Å². The SMILES string of the molecule is CO[C@H]1CC[C@@H](Cn2c(C)cn3c(C4CCOCC4)ncc3c2=O)CC1. The molecule has 142 valence electrons. The number of aromatic nitrogens is 3. The van der Waals surface area contributed by atoms with Gasteiger partial charge >= 0.3 is 0 Å². The van der Waals surface area contributed by atoms with Gasteiger partial charge in [0.05, 0.1) is 12.3 Å². The van der Waals surface area contributed by atoms with Gasteiger partial charge in [0.25, 0.3) is 5.56 Å². The van der Waals surface area contributed by atoms with E-state index in [1.807, 2.05) is 15.9 Å². The van der Waals surface area contributed by atoms with Gasteiger partial charge in [-0.25, -0.2) is 4.98 Å². The van der Waals surface area contributed by atoms with E-state index >= 15 is 0 Å². The predicted molar refractivity (Wildman–Crippen MR) is 99.7 cm³/mol. The average Bonchev–Trinajstić information content (AvgIpc) is 3.10. The Bertz CT molecular complexity index is 812. The molecular weight excluding hydrogens is 330 g/mol. The second kappa shape index (κ2) is 7.53. The van der Waals surface area contributed by atoms with Crippen molar-refractivity contribution in [1.29, 1.82) is 0 Å². The van der Waals surface area contributed by atoms with Crippen molar-refractivity contribution >= 4 is 5.52 Å². The maximum atomic E-state index is 13.1. The van der Waals surface area contributed by atoms with E-state index in [0.717, 1.165) is 69.8 Å². The summed E-state index contributed by atoms with van der Waals surface area (Å²) in [4.78, 5) is 17.7. The molecule has 0 aromatic carbocycles. The van der Waals surface area contributed by atoms with Crippen molar-refractivity contribution in [3.05, 3.63) is 34.3 Å². The summed E-state index contributed by atoms with van der Waals surface area (Å²) in [6.45, 7) is 4.39. The van der Waals surface area contributed by atoms with Gasteiger partial charge in [0, 0.05) is 44.7 Å². The van der Waals surface area contributed by atoms with Crippen LogP contribution in [0.5, 0.6) is 0 Å². The molecule has 4 rings (SSSR count). The maximum absolute atomic E-state index is 13.1. The van der Waals surface area contributed by atoms with Crippen LogP contribution in [0.4, 0.5) is 0 Å². The first-order chi connectivity index (χ1) is 12.7. The number of nitrogens with zero attached hydrogens (tertiary/aromatic N) is 3. The Kier molecular flexibility index (Phi) is 5.14. The molecule has 1 aliphatic carbocycles. The summed E-state index contributed by atoms with van der Waals surface area (Å²) >= 11 is 0. The van der Waals surface area contributed by atoms with Crippen molar-refractivity contribution in [1.82, 2.24) is 14.0 Å². The van der Waals surface area contributed by atoms with Crippen molar-refractivity contribution in [3.63, 3.8) is 0 Å². The minimum absolute atomic E-state index is 0.0877. The second-order valence-electron chi connectivity index (χ2n) is 7.82. The lowest BCUT2D eigenvalue weighted by Gasteiger charge is -2.28. The van der Waals surface area contributed by atoms with Crippen LogP contribution in [0.25, 0.3) is 5.52 Å². The van der Waals surface area contributed by atoms with E-state index < -0.39 is 0 Å². The lowest BCUT2D eigenvalue weighted by Crippen LogP contribution is -2.30. The summed E-state index contributed by atoms with van der Waals surface area (Å²) in [5.41, 5.74) is 1.80. The molecule has 1 aliphatic heterocycles. The number of methoxy groups -OCH3 is 1. The first-order valence-corrected chi connectivity index (χ1v) is 9.85. The molecule has 0 amide bonds. The third kappa shape index (κ3) is 3.32. The molecule has 0 atom stereocenters. The van der Waals surface area contributed by atoms with Crippen molar-refractivity contribution in [3.8, 4) is 0 Å². The topological polar surface area (TPSA) is 57.8 Å². The Balaban J connectivity index is 1.60. The van der Waals surface area contributed by atoms with Gasteiger partial charge in [0.1, 0.15) is 11.3 Å². The van der Waals surface area contributed by atoms with Crippen LogP contribution in [0.3, 0.4) is 0 Å². The molecule has 0 spiro atoms. The van der Waals surface area contributed by atoms with Gasteiger partial charge in [-0.15, -0.1) is 0 Å². The molecule has 2 aromatic heterocycles. The van der Waals surface area contributed by atoms with Crippen molar-refractivity contribution in [2.45, 2.75) is 64.0 Å². The molecular formula is C20H29N3O3. The highest BCUT2D eigenvalue weighted by atomic mass is 16.5. The van der Waals surface area contributed by atoms with E-state index in [1.165, 1.54) is 0 Å². The van der Waals surface area contributed by atoms with E-state index in [2.05, 4.69) is 11.2 Å². The smallest absolute Gasteiger partial charge is 0.276 e. The Labute approximate surface area is 154 Å². The zero-order valence-electron chi connectivity index (χ0n) is 15.8. The van der Waals surface area contributed by atoms with Gasteiger partial charge in [-0.3, -0.25) is 9.20 Å². The third-order valence-electron chi connectivity index (χ3n) is 6.19. The lowest BCUT2D eigenvalue weighted by atomic mass is 9.87. The van der Waals surface area contributed by atoms with Crippen LogP contribution in [0.15, 0.2) is 17.2 Å². The van der Waals surface area contributed by atoms with E-state index in [1.54, 1.807) is 13.3 Å². The Morgan fingerprint density at radius 2 is 1.92 bits per heavy atom. The first kappa shape index (κ1) is 17.7. The highest BCUT2D eigenvalue weighted by molar-refractivity contribution is 5.45. The van der Waals surface area contributed by atoms with Gasteiger partial charge in [-0.1, -0.05) is 0 Å². The fourth-order valence-corrected chi connectivity index (χ4v) is 4.52. The summed E-state index contributed by atoms with van der Waals surface area (Å²) in [5, 5.41) is 0. The standard InChI is InChI=1S/C20H29N3O3/c1-14-12-23-18(11-21-19(23)16-7-9-26-10-8-16)20(24)22(14)13-15-3-5-17(25-2)6-4-15/h11-12,15-17H,3-10,13H2,1-2H3/t15-,17+. The fourth-order valence-electron chi connectivity index (χ4n) is 4.52. The van der Waals surface area contributed by atoms with Gasteiger partial charge < -0.3 is 14.0 Å². The summed E-state index contributed by atoms with van der Waals surface area (Å²) in [5.74, 6) is 1.94. The third-order valence-corrected chi connectivity index (χ3v) is 6.19. The van der Waals surface area contributed by atoms with Crippen LogP contribution >= 0.6 is 0 Å². The van der Waals surface area contributed by atoms with Crippen LogP contribution < -0.4 is 5.56 Å². The number of hydrogen-bond acceptors (Lipinski definition) is 4. The largest absolute Gasteiger partial charge is 0.381 e. The predicted octanol–water partition coefficient (Wildman–Crippen LogP) is 2.90. The minimum Gasteiger partial charge on any atom is -0.381 e. The van der Waals surface area contributed by atoms with Gasteiger partial charge in [0.15, 0.2) is 0 Å². The number of fused-ring (bicyclic) bond motifs is 1. The van der Waals surface area contributed by atoms with Crippen molar-refractivity contribution in [2.24, 2.45) is 5.92 Å². The Hall–Kier alpha value is -1.66. The number of rotatable bonds is 4. The molecule has 1 saturated carbocycles.